The Morgan fingerprint density at radius 2 is 1.72 bits per heavy atom. The maximum atomic E-state index is 6.07. The molecule has 0 bridgehead atoms. The molecule has 2 rings (SSSR count). The number of benzene rings is 1. The van der Waals surface area contributed by atoms with Crippen LogP contribution in [0.4, 0.5) is 11.4 Å². The average molecular weight is 281 g/mol. The van der Waals surface area contributed by atoms with Crippen molar-refractivity contribution in [3.05, 3.63) is 52.8 Å². The van der Waals surface area contributed by atoms with Crippen LogP contribution < -0.4 is 4.90 Å². The van der Waals surface area contributed by atoms with E-state index < -0.39 is 0 Å². The van der Waals surface area contributed by atoms with Crippen LogP contribution in [0.1, 0.15) is 13.3 Å². The summed E-state index contributed by atoms with van der Waals surface area (Å²) in [6.07, 6.45) is 4.62. The lowest BCUT2D eigenvalue weighted by Crippen LogP contribution is -2.17. The van der Waals surface area contributed by atoms with Crippen LogP contribution in [0.2, 0.25) is 10.0 Å². The minimum atomic E-state index is 0.573. The summed E-state index contributed by atoms with van der Waals surface area (Å²) < 4.78 is 0. The molecule has 4 heteroatoms. The smallest absolute Gasteiger partial charge is 0.0613 e. The van der Waals surface area contributed by atoms with Crippen molar-refractivity contribution >= 4 is 34.6 Å². The van der Waals surface area contributed by atoms with Crippen LogP contribution in [0, 0.1) is 0 Å². The molecule has 2 nitrogen and oxygen atoms in total. The van der Waals surface area contributed by atoms with Crippen molar-refractivity contribution in [3.8, 4) is 0 Å². The largest absolute Gasteiger partial charge is 0.341 e. The van der Waals surface area contributed by atoms with Crippen molar-refractivity contribution in [2.45, 2.75) is 13.3 Å². The van der Waals surface area contributed by atoms with Gasteiger partial charge in [0.05, 0.1) is 10.0 Å². The summed E-state index contributed by atoms with van der Waals surface area (Å²) >= 11 is 12.0. The van der Waals surface area contributed by atoms with Gasteiger partial charge in [-0.05, 0) is 36.8 Å². The van der Waals surface area contributed by atoms with Crippen molar-refractivity contribution in [1.29, 1.82) is 0 Å². The Morgan fingerprint density at radius 1 is 1.00 bits per heavy atom. The maximum Gasteiger partial charge on any atom is 0.0613 e. The van der Waals surface area contributed by atoms with Crippen LogP contribution in [0.15, 0.2) is 42.7 Å². The molecule has 1 aromatic heterocycles. The standard InChI is InChI=1S/C14H14Cl2N2/c1-2-9-18(11-5-7-17-8-6-11)12-3-4-13(15)14(16)10-12/h3-8,10H,2,9H2,1H3. The Labute approximate surface area is 117 Å². The van der Waals surface area contributed by atoms with Gasteiger partial charge < -0.3 is 4.90 Å². The van der Waals surface area contributed by atoms with E-state index in [1.54, 1.807) is 12.4 Å². The van der Waals surface area contributed by atoms with Crippen LogP contribution in [0.3, 0.4) is 0 Å². The van der Waals surface area contributed by atoms with Gasteiger partial charge in [-0.3, -0.25) is 4.98 Å². The third-order valence-electron chi connectivity index (χ3n) is 2.64. The van der Waals surface area contributed by atoms with E-state index in [9.17, 15) is 0 Å². The van der Waals surface area contributed by atoms with Crippen LogP contribution in [-0.4, -0.2) is 11.5 Å². The van der Waals surface area contributed by atoms with Gasteiger partial charge in [0.15, 0.2) is 0 Å². The molecule has 0 radical (unpaired) electrons. The minimum Gasteiger partial charge on any atom is -0.341 e. The fourth-order valence-electron chi connectivity index (χ4n) is 1.81. The summed E-state index contributed by atoms with van der Waals surface area (Å²) in [5.74, 6) is 0. The summed E-state index contributed by atoms with van der Waals surface area (Å²) in [4.78, 5) is 6.24. The predicted octanol–water partition coefficient (Wildman–Crippen LogP) is 4.94. The third-order valence-corrected chi connectivity index (χ3v) is 3.38. The topological polar surface area (TPSA) is 16.1 Å². The molecule has 0 fully saturated rings. The molecule has 0 amide bonds. The lowest BCUT2D eigenvalue weighted by atomic mass is 10.2. The van der Waals surface area contributed by atoms with E-state index in [2.05, 4.69) is 16.8 Å². The molecule has 18 heavy (non-hydrogen) atoms. The molecule has 1 heterocycles. The summed E-state index contributed by atoms with van der Waals surface area (Å²) in [5, 5.41) is 1.15. The highest BCUT2D eigenvalue weighted by Crippen LogP contribution is 2.31. The Balaban J connectivity index is 2.38. The first-order chi connectivity index (χ1) is 8.72. The van der Waals surface area contributed by atoms with Crippen molar-refractivity contribution in [2.75, 3.05) is 11.4 Å². The minimum absolute atomic E-state index is 0.573. The zero-order chi connectivity index (χ0) is 13.0. The second kappa shape index (κ2) is 6.07. The van der Waals surface area contributed by atoms with E-state index in [1.807, 2.05) is 30.3 Å². The molecule has 0 aliphatic carbocycles. The quantitative estimate of drug-likeness (QED) is 0.789. The highest BCUT2D eigenvalue weighted by atomic mass is 35.5. The number of rotatable bonds is 4. The molecule has 0 unspecified atom stereocenters. The van der Waals surface area contributed by atoms with Gasteiger partial charge in [-0.25, -0.2) is 0 Å². The highest BCUT2D eigenvalue weighted by molar-refractivity contribution is 6.42. The number of halogens is 2. The summed E-state index contributed by atoms with van der Waals surface area (Å²) in [5.41, 5.74) is 2.14. The molecule has 2 aromatic rings. The molecule has 0 aliphatic heterocycles. The Morgan fingerprint density at radius 3 is 2.33 bits per heavy atom. The van der Waals surface area contributed by atoms with Crippen molar-refractivity contribution < 1.29 is 0 Å². The van der Waals surface area contributed by atoms with E-state index in [0.717, 1.165) is 24.3 Å². The van der Waals surface area contributed by atoms with E-state index >= 15 is 0 Å². The van der Waals surface area contributed by atoms with Gasteiger partial charge in [0.2, 0.25) is 0 Å². The molecular weight excluding hydrogens is 267 g/mol. The fourth-order valence-corrected chi connectivity index (χ4v) is 2.10. The fraction of sp³-hybridized carbons (Fsp3) is 0.214. The van der Waals surface area contributed by atoms with Gasteiger partial charge in [-0.1, -0.05) is 30.1 Å². The molecule has 0 atom stereocenters. The first-order valence-electron chi connectivity index (χ1n) is 5.85. The van der Waals surface area contributed by atoms with Gasteiger partial charge in [0, 0.05) is 30.3 Å². The zero-order valence-electron chi connectivity index (χ0n) is 10.1. The monoisotopic (exact) mass is 280 g/mol. The van der Waals surface area contributed by atoms with Gasteiger partial charge in [-0.2, -0.15) is 0 Å². The Bertz CT molecular complexity index is 514. The number of aromatic nitrogens is 1. The number of hydrogen-bond acceptors (Lipinski definition) is 2. The number of anilines is 2. The van der Waals surface area contributed by atoms with E-state index in [0.29, 0.717) is 10.0 Å². The molecule has 0 N–H and O–H groups in total. The molecule has 0 saturated heterocycles. The molecule has 94 valence electrons. The normalized spacial score (nSPS) is 10.4. The van der Waals surface area contributed by atoms with Gasteiger partial charge in [0.1, 0.15) is 0 Å². The number of nitrogens with zero attached hydrogens (tertiary/aromatic N) is 2. The Kier molecular flexibility index (Phi) is 4.45. The number of pyridine rings is 1. The molecular formula is C14H14Cl2N2. The van der Waals surface area contributed by atoms with Crippen LogP contribution in [-0.2, 0) is 0 Å². The van der Waals surface area contributed by atoms with E-state index in [-0.39, 0.29) is 0 Å². The zero-order valence-corrected chi connectivity index (χ0v) is 11.6. The Hall–Kier alpha value is -1.25. The highest BCUT2D eigenvalue weighted by Gasteiger charge is 2.09. The average Bonchev–Trinajstić information content (AvgIpc) is 2.40. The van der Waals surface area contributed by atoms with E-state index in [4.69, 9.17) is 23.2 Å². The lowest BCUT2D eigenvalue weighted by Gasteiger charge is -2.24. The molecule has 0 saturated carbocycles. The molecule has 1 aromatic carbocycles. The third kappa shape index (κ3) is 2.95. The molecule has 0 aliphatic rings. The van der Waals surface area contributed by atoms with Crippen molar-refractivity contribution in [2.24, 2.45) is 0 Å². The molecule has 0 spiro atoms. The van der Waals surface area contributed by atoms with Crippen LogP contribution in [0.25, 0.3) is 0 Å². The maximum absolute atomic E-state index is 6.07. The lowest BCUT2D eigenvalue weighted by molar-refractivity contribution is 0.884. The second-order valence-electron chi connectivity index (χ2n) is 3.96. The summed E-state index contributed by atoms with van der Waals surface area (Å²) in [7, 11) is 0. The summed E-state index contributed by atoms with van der Waals surface area (Å²) in [6.45, 7) is 3.06. The van der Waals surface area contributed by atoms with Crippen molar-refractivity contribution in [3.63, 3.8) is 0 Å². The SMILES string of the molecule is CCCN(c1ccncc1)c1ccc(Cl)c(Cl)c1. The van der Waals surface area contributed by atoms with Crippen LogP contribution >= 0.6 is 23.2 Å². The first kappa shape index (κ1) is 13.2. The van der Waals surface area contributed by atoms with Gasteiger partial charge in [-0.15, -0.1) is 0 Å². The van der Waals surface area contributed by atoms with E-state index in [1.165, 1.54) is 0 Å². The number of hydrogen-bond donors (Lipinski definition) is 0. The van der Waals surface area contributed by atoms with Gasteiger partial charge >= 0.3 is 0 Å². The summed E-state index contributed by atoms with van der Waals surface area (Å²) in [6, 6.07) is 9.66. The second-order valence-corrected chi connectivity index (χ2v) is 4.77. The van der Waals surface area contributed by atoms with Crippen molar-refractivity contribution in [1.82, 2.24) is 4.98 Å². The van der Waals surface area contributed by atoms with Gasteiger partial charge in [0.25, 0.3) is 0 Å². The first-order valence-corrected chi connectivity index (χ1v) is 6.60. The predicted molar refractivity (Wildman–Crippen MR) is 78.0 cm³/mol. The van der Waals surface area contributed by atoms with Crippen LogP contribution in [0.5, 0.6) is 0 Å².